The Morgan fingerprint density at radius 1 is 1.12 bits per heavy atom. The largest absolute Gasteiger partial charge is 0.326 e. The van der Waals surface area contributed by atoms with Gasteiger partial charge in [0.05, 0.1) is 0 Å². The van der Waals surface area contributed by atoms with Crippen LogP contribution in [0.1, 0.15) is 30.2 Å². The maximum atomic E-state index is 5.72. The van der Waals surface area contributed by atoms with Crippen LogP contribution in [0.5, 0.6) is 0 Å². The Labute approximate surface area is 101 Å². The fourth-order valence-electron chi connectivity index (χ4n) is 1.80. The molecule has 1 aromatic heterocycles. The Morgan fingerprint density at radius 3 is 2.38 bits per heavy atom. The minimum atomic E-state index is 0.588. The van der Waals surface area contributed by atoms with Crippen LogP contribution in [-0.4, -0.2) is 0 Å². The molecule has 0 bridgehead atoms. The third kappa shape index (κ3) is 2.18. The molecule has 0 atom stereocenters. The van der Waals surface area contributed by atoms with E-state index in [0.717, 1.165) is 0 Å². The molecule has 16 heavy (non-hydrogen) atoms. The Hall–Kier alpha value is -1.12. The van der Waals surface area contributed by atoms with E-state index in [4.69, 9.17) is 5.73 Å². The summed E-state index contributed by atoms with van der Waals surface area (Å²) in [5.41, 5.74) is 9.65. The number of hydrogen-bond donors (Lipinski definition) is 1. The summed E-state index contributed by atoms with van der Waals surface area (Å²) in [6.07, 6.45) is 0. The highest BCUT2D eigenvalue weighted by Crippen LogP contribution is 2.29. The number of nitrogens with two attached hydrogens (primary N) is 1. The van der Waals surface area contributed by atoms with Crippen LogP contribution < -0.4 is 5.73 Å². The lowest BCUT2D eigenvalue weighted by molar-refractivity contribution is 0.867. The van der Waals surface area contributed by atoms with E-state index in [1.54, 1.807) is 11.3 Å². The lowest BCUT2D eigenvalue weighted by Crippen LogP contribution is -1.95. The van der Waals surface area contributed by atoms with Gasteiger partial charge in [0.15, 0.2) is 0 Å². The van der Waals surface area contributed by atoms with E-state index in [0.29, 0.717) is 12.5 Å². The molecule has 0 unspecified atom stereocenters. The van der Waals surface area contributed by atoms with E-state index in [1.165, 1.54) is 21.6 Å². The second-order valence-corrected chi connectivity index (χ2v) is 5.24. The first kappa shape index (κ1) is 11.4. The van der Waals surface area contributed by atoms with Gasteiger partial charge in [-0.2, -0.15) is 0 Å². The molecule has 2 aromatic rings. The summed E-state index contributed by atoms with van der Waals surface area (Å²) in [6.45, 7) is 5.05. The van der Waals surface area contributed by atoms with Gasteiger partial charge < -0.3 is 5.73 Å². The van der Waals surface area contributed by atoms with Crippen molar-refractivity contribution in [2.24, 2.45) is 5.73 Å². The molecular formula is C14H17NS. The average molecular weight is 231 g/mol. The van der Waals surface area contributed by atoms with Gasteiger partial charge in [0.2, 0.25) is 0 Å². The van der Waals surface area contributed by atoms with E-state index in [9.17, 15) is 0 Å². The summed E-state index contributed by atoms with van der Waals surface area (Å²) in [4.78, 5) is 1.26. The fourth-order valence-corrected chi connectivity index (χ4v) is 2.58. The van der Waals surface area contributed by atoms with Crippen LogP contribution in [0.3, 0.4) is 0 Å². The van der Waals surface area contributed by atoms with Gasteiger partial charge in [0, 0.05) is 11.4 Å². The molecule has 2 heteroatoms. The van der Waals surface area contributed by atoms with Gasteiger partial charge in [0.1, 0.15) is 0 Å². The molecule has 0 saturated carbocycles. The van der Waals surface area contributed by atoms with Gasteiger partial charge >= 0.3 is 0 Å². The van der Waals surface area contributed by atoms with Crippen LogP contribution >= 0.6 is 11.3 Å². The van der Waals surface area contributed by atoms with E-state index < -0.39 is 0 Å². The minimum Gasteiger partial charge on any atom is -0.326 e. The minimum absolute atomic E-state index is 0.588. The zero-order valence-electron chi connectivity index (χ0n) is 9.73. The predicted molar refractivity (Wildman–Crippen MR) is 71.7 cm³/mol. The summed E-state index contributed by atoms with van der Waals surface area (Å²) in [7, 11) is 0. The number of thiophene rings is 1. The number of hydrogen-bond acceptors (Lipinski definition) is 2. The van der Waals surface area contributed by atoms with E-state index >= 15 is 0 Å². The molecule has 2 rings (SSSR count). The van der Waals surface area contributed by atoms with Crippen molar-refractivity contribution in [3.05, 3.63) is 46.2 Å². The van der Waals surface area contributed by atoms with E-state index in [2.05, 4.69) is 49.6 Å². The molecule has 1 aromatic carbocycles. The Bertz CT molecular complexity index is 454. The zero-order chi connectivity index (χ0) is 11.5. The standard InChI is InChI=1S/C14H17NS/c1-10(2)11-3-5-12(6-4-11)13-7-8-16-14(13)9-15/h3-8,10H,9,15H2,1-2H3. The highest BCUT2D eigenvalue weighted by Gasteiger charge is 2.05. The molecule has 0 aliphatic rings. The Kier molecular flexibility index (Phi) is 3.42. The number of rotatable bonds is 3. The molecule has 0 fully saturated rings. The summed E-state index contributed by atoms with van der Waals surface area (Å²) in [6, 6.07) is 10.9. The molecule has 0 aliphatic heterocycles. The first-order valence-corrected chi connectivity index (χ1v) is 6.47. The van der Waals surface area contributed by atoms with E-state index in [-0.39, 0.29) is 0 Å². The van der Waals surface area contributed by atoms with Crippen molar-refractivity contribution in [2.45, 2.75) is 26.3 Å². The predicted octanol–water partition coefficient (Wildman–Crippen LogP) is 4.00. The molecule has 0 spiro atoms. The van der Waals surface area contributed by atoms with Crippen LogP contribution in [0.4, 0.5) is 0 Å². The molecule has 1 heterocycles. The fraction of sp³-hybridized carbons (Fsp3) is 0.286. The SMILES string of the molecule is CC(C)c1ccc(-c2ccsc2CN)cc1. The first-order valence-electron chi connectivity index (χ1n) is 5.59. The third-order valence-corrected chi connectivity index (χ3v) is 3.76. The molecule has 0 radical (unpaired) electrons. The van der Waals surface area contributed by atoms with Crippen LogP contribution in [0.15, 0.2) is 35.7 Å². The van der Waals surface area contributed by atoms with Gasteiger partial charge in [0.25, 0.3) is 0 Å². The lowest BCUT2D eigenvalue weighted by Gasteiger charge is -2.07. The van der Waals surface area contributed by atoms with Crippen molar-refractivity contribution in [2.75, 3.05) is 0 Å². The highest BCUT2D eigenvalue weighted by molar-refractivity contribution is 7.10. The monoisotopic (exact) mass is 231 g/mol. The summed E-state index contributed by atoms with van der Waals surface area (Å²) in [5, 5.41) is 2.11. The van der Waals surface area contributed by atoms with E-state index in [1.807, 2.05) is 0 Å². The quantitative estimate of drug-likeness (QED) is 0.849. The summed E-state index contributed by atoms with van der Waals surface area (Å²) >= 11 is 1.73. The van der Waals surface area contributed by atoms with Gasteiger partial charge in [-0.05, 0) is 34.1 Å². The molecule has 0 aliphatic carbocycles. The maximum absolute atomic E-state index is 5.72. The molecule has 0 amide bonds. The van der Waals surface area contributed by atoms with Crippen LogP contribution in [0, 0.1) is 0 Å². The van der Waals surface area contributed by atoms with Crippen molar-refractivity contribution in [1.82, 2.24) is 0 Å². The molecule has 2 N–H and O–H groups in total. The molecule has 84 valence electrons. The van der Waals surface area contributed by atoms with Crippen molar-refractivity contribution in [1.29, 1.82) is 0 Å². The topological polar surface area (TPSA) is 26.0 Å². The normalized spacial score (nSPS) is 11.0. The van der Waals surface area contributed by atoms with Crippen molar-refractivity contribution in [3.63, 3.8) is 0 Å². The summed E-state index contributed by atoms with van der Waals surface area (Å²) < 4.78 is 0. The van der Waals surface area contributed by atoms with Gasteiger partial charge in [-0.25, -0.2) is 0 Å². The zero-order valence-corrected chi connectivity index (χ0v) is 10.6. The highest BCUT2D eigenvalue weighted by atomic mass is 32.1. The van der Waals surface area contributed by atoms with Crippen molar-refractivity contribution in [3.8, 4) is 11.1 Å². The van der Waals surface area contributed by atoms with Gasteiger partial charge in [-0.1, -0.05) is 38.1 Å². The Morgan fingerprint density at radius 2 is 1.81 bits per heavy atom. The van der Waals surface area contributed by atoms with Crippen molar-refractivity contribution >= 4 is 11.3 Å². The molecule has 1 nitrogen and oxygen atoms in total. The Balaban J connectivity index is 2.35. The summed E-state index contributed by atoms with van der Waals surface area (Å²) in [5.74, 6) is 0.588. The van der Waals surface area contributed by atoms with Gasteiger partial charge in [-0.15, -0.1) is 11.3 Å². The average Bonchev–Trinajstić information content (AvgIpc) is 2.77. The first-order chi connectivity index (χ1) is 7.72. The smallest absolute Gasteiger partial charge is 0.0280 e. The number of benzene rings is 1. The van der Waals surface area contributed by atoms with Crippen LogP contribution in [-0.2, 0) is 6.54 Å². The van der Waals surface area contributed by atoms with Gasteiger partial charge in [-0.3, -0.25) is 0 Å². The molecule has 0 saturated heterocycles. The van der Waals surface area contributed by atoms with Crippen LogP contribution in [0.25, 0.3) is 11.1 Å². The third-order valence-electron chi connectivity index (χ3n) is 2.82. The molecular weight excluding hydrogens is 214 g/mol. The lowest BCUT2D eigenvalue weighted by atomic mass is 9.99. The van der Waals surface area contributed by atoms with Crippen molar-refractivity contribution < 1.29 is 0 Å². The second-order valence-electron chi connectivity index (χ2n) is 4.24. The maximum Gasteiger partial charge on any atom is 0.0280 e. The van der Waals surface area contributed by atoms with Crippen LogP contribution in [0.2, 0.25) is 0 Å². The second kappa shape index (κ2) is 4.81.